The Bertz CT molecular complexity index is 349. The largest absolute Gasteiger partial charge is 0.381 e. The average molecular weight is 289 g/mol. The highest BCUT2D eigenvalue weighted by Crippen LogP contribution is 2.37. The summed E-state index contributed by atoms with van der Waals surface area (Å²) < 4.78 is 1.09. The number of rotatable bonds is 4. The second-order valence-corrected chi connectivity index (χ2v) is 5.41. The third-order valence-electron chi connectivity index (χ3n) is 2.90. The quantitative estimate of drug-likeness (QED) is 0.846. The van der Waals surface area contributed by atoms with Gasteiger partial charge in [-0.25, -0.2) is 0 Å². The van der Waals surface area contributed by atoms with Crippen LogP contribution in [0.3, 0.4) is 0 Å². The lowest BCUT2D eigenvalue weighted by Crippen LogP contribution is -2.20. The normalized spacial score (nSPS) is 17.5. The molecular formula is C12H15BrClN. The molecule has 1 N–H and O–H groups in total. The van der Waals surface area contributed by atoms with Gasteiger partial charge in [-0.1, -0.05) is 18.5 Å². The standard InChI is InChI=1S/C12H15BrClN/c1-2-11(8-3-4-8)15-12-7-9(14)5-6-10(12)13/h5-8,11,15H,2-4H2,1H3. The van der Waals surface area contributed by atoms with E-state index in [9.17, 15) is 0 Å². The van der Waals surface area contributed by atoms with Crippen LogP contribution in [-0.2, 0) is 0 Å². The van der Waals surface area contributed by atoms with E-state index in [4.69, 9.17) is 11.6 Å². The van der Waals surface area contributed by atoms with E-state index in [2.05, 4.69) is 28.2 Å². The first-order valence-corrected chi connectivity index (χ1v) is 6.59. The van der Waals surface area contributed by atoms with E-state index < -0.39 is 0 Å². The Labute approximate surface area is 104 Å². The lowest BCUT2D eigenvalue weighted by Gasteiger charge is -2.18. The van der Waals surface area contributed by atoms with Crippen LogP contribution in [0.15, 0.2) is 22.7 Å². The van der Waals surface area contributed by atoms with Gasteiger partial charge < -0.3 is 5.32 Å². The summed E-state index contributed by atoms with van der Waals surface area (Å²) in [5.41, 5.74) is 1.11. The number of halogens is 2. The molecule has 0 spiro atoms. The Morgan fingerprint density at radius 3 is 2.87 bits per heavy atom. The van der Waals surface area contributed by atoms with Gasteiger partial charge in [0.2, 0.25) is 0 Å². The predicted molar refractivity (Wildman–Crippen MR) is 69.6 cm³/mol. The smallest absolute Gasteiger partial charge is 0.0501 e. The molecule has 0 aliphatic heterocycles. The Balaban J connectivity index is 2.11. The van der Waals surface area contributed by atoms with Crippen molar-refractivity contribution in [2.24, 2.45) is 5.92 Å². The third kappa shape index (κ3) is 2.88. The van der Waals surface area contributed by atoms with Gasteiger partial charge in [0.05, 0.1) is 5.69 Å². The van der Waals surface area contributed by atoms with E-state index in [0.717, 1.165) is 21.1 Å². The van der Waals surface area contributed by atoms with Crippen LogP contribution in [0.4, 0.5) is 5.69 Å². The minimum Gasteiger partial charge on any atom is -0.381 e. The summed E-state index contributed by atoms with van der Waals surface area (Å²) in [5, 5.41) is 4.35. The van der Waals surface area contributed by atoms with Gasteiger partial charge in [0, 0.05) is 15.5 Å². The first-order valence-electron chi connectivity index (χ1n) is 5.42. The van der Waals surface area contributed by atoms with Gasteiger partial charge in [0.25, 0.3) is 0 Å². The lowest BCUT2D eigenvalue weighted by molar-refractivity contribution is 0.616. The topological polar surface area (TPSA) is 12.0 Å². The van der Waals surface area contributed by atoms with Crippen LogP contribution < -0.4 is 5.32 Å². The predicted octanol–water partition coefficient (Wildman–Crippen LogP) is 4.70. The van der Waals surface area contributed by atoms with Crippen LogP contribution in [0.2, 0.25) is 5.02 Å². The molecule has 0 heterocycles. The fourth-order valence-electron chi connectivity index (χ4n) is 1.86. The molecule has 1 aromatic carbocycles. The summed E-state index contributed by atoms with van der Waals surface area (Å²) in [4.78, 5) is 0. The molecule has 1 nitrogen and oxygen atoms in total. The zero-order chi connectivity index (χ0) is 10.8. The molecule has 15 heavy (non-hydrogen) atoms. The molecule has 1 fully saturated rings. The summed E-state index contributed by atoms with van der Waals surface area (Å²) in [6.45, 7) is 2.23. The molecule has 0 radical (unpaired) electrons. The summed E-state index contributed by atoms with van der Waals surface area (Å²) in [7, 11) is 0. The van der Waals surface area contributed by atoms with Crippen LogP contribution in [0, 0.1) is 5.92 Å². The maximum absolute atomic E-state index is 5.98. The summed E-state index contributed by atoms with van der Waals surface area (Å²) in [5.74, 6) is 0.862. The number of hydrogen-bond donors (Lipinski definition) is 1. The van der Waals surface area contributed by atoms with Gasteiger partial charge in [0.1, 0.15) is 0 Å². The summed E-state index contributed by atoms with van der Waals surface area (Å²) in [6, 6.07) is 6.47. The first-order chi connectivity index (χ1) is 7.20. The van der Waals surface area contributed by atoms with Crippen LogP contribution in [0.1, 0.15) is 26.2 Å². The van der Waals surface area contributed by atoms with E-state index in [1.54, 1.807) is 0 Å². The monoisotopic (exact) mass is 287 g/mol. The minimum absolute atomic E-state index is 0.597. The SMILES string of the molecule is CCC(Nc1cc(Cl)ccc1Br)C1CC1. The van der Waals surface area contributed by atoms with Gasteiger partial charge in [0.15, 0.2) is 0 Å². The molecule has 1 saturated carbocycles. The molecular weight excluding hydrogens is 273 g/mol. The first kappa shape index (κ1) is 11.3. The summed E-state index contributed by atoms with van der Waals surface area (Å²) >= 11 is 9.51. The van der Waals surface area contributed by atoms with Crippen molar-refractivity contribution < 1.29 is 0 Å². The Hall–Kier alpha value is -0.210. The number of benzene rings is 1. The van der Waals surface area contributed by atoms with Crippen LogP contribution in [0.5, 0.6) is 0 Å². The summed E-state index contributed by atoms with van der Waals surface area (Å²) in [6.07, 6.45) is 3.90. The van der Waals surface area contributed by atoms with Crippen LogP contribution in [0.25, 0.3) is 0 Å². The molecule has 1 aliphatic carbocycles. The number of nitrogens with one attached hydrogen (secondary N) is 1. The zero-order valence-corrected chi connectivity index (χ0v) is 11.1. The Morgan fingerprint density at radius 1 is 1.53 bits per heavy atom. The highest BCUT2D eigenvalue weighted by atomic mass is 79.9. The van der Waals surface area contributed by atoms with Crippen molar-refractivity contribution in [2.45, 2.75) is 32.2 Å². The second-order valence-electron chi connectivity index (χ2n) is 4.12. The maximum Gasteiger partial charge on any atom is 0.0501 e. The van der Waals surface area contributed by atoms with Crippen LogP contribution in [-0.4, -0.2) is 6.04 Å². The lowest BCUT2D eigenvalue weighted by atomic mass is 10.1. The molecule has 0 amide bonds. The van der Waals surface area contributed by atoms with Gasteiger partial charge >= 0.3 is 0 Å². The van der Waals surface area contributed by atoms with Crippen molar-refractivity contribution >= 4 is 33.2 Å². The van der Waals surface area contributed by atoms with Gasteiger partial charge in [-0.3, -0.25) is 0 Å². The fraction of sp³-hybridized carbons (Fsp3) is 0.500. The number of anilines is 1. The third-order valence-corrected chi connectivity index (χ3v) is 3.83. The van der Waals surface area contributed by atoms with Crippen molar-refractivity contribution in [2.75, 3.05) is 5.32 Å². The zero-order valence-electron chi connectivity index (χ0n) is 8.76. The highest BCUT2D eigenvalue weighted by Gasteiger charge is 2.30. The average Bonchev–Trinajstić information content (AvgIpc) is 3.03. The molecule has 0 bridgehead atoms. The maximum atomic E-state index is 5.98. The van der Waals surface area contributed by atoms with Gasteiger partial charge in [-0.2, -0.15) is 0 Å². The molecule has 1 aromatic rings. The van der Waals surface area contributed by atoms with E-state index in [1.165, 1.54) is 19.3 Å². The van der Waals surface area contributed by atoms with Crippen molar-refractivity contribution in [3.63, 3.8) is 0 Å². The van der Waals surface area contributed by atoms with E-state index in [0.29, 0.717) is 6.04 Å². The van der Waals surface area contributed by atoms with Crippen molar-refractivity contribution in [1.82, 2.24) is 0 Å². The molecule has 2 rings (SSSR count). The van der Waals surface area contributed by atoms with E-state index in [1.807, 2.05) is 18.2 Å². The van der Waals surface area contributed by atoms with Crippen molar-refractivity contribution in [3.05, 3.63) is 27.7 Å². The van der Waals surface area contributed by atoms with E-state index >= 15 is 0 Å². The second kappa shape index (κ2) is 4.75. The molecule has 1 aliphatic rings. The Morgan fingerprint density at radius 2 is 2.27 bits per heavy atom. The number of hydrogen-bond acceptors (Lipinski definition) is 1. The molecule has 1 unspecified atom stereocenters. The van der Waals surface area contributed by atoms with E-state index in [-0.39, 0.29) is 0 Å². The molecule has 0 aromatic heterocycles. The molecule has 82 valence electrons. The molecule has 1 atom stereocenters. The van der Waals surface area contributed by atoms with Gasteiger partial charge in [-0.15, -0.1) is 0 Å². The van der Waals surface area contributed by atoms with Gasteiger partial charge in [-0.05, 0) is 59.3 Å². The highest BCUT2D eigenvalue weighted by molar-refractivity contribution is 9.10. The van der Waals surface area contributed by atoms with Crippen molar-refractivity contribution in [3.8, 4) is 0 Å². The van der Waals surface area contributed by atoms with Crippen molar-refractivity contribution in [1.29, 1.82) is 0 Å². The fourth-order valence-corrected chi connectivity index (χ4v) is 2.39. The Kier molecular flexibility index (Phi) is 3.57. The molecule has 0 saturated heterocycles. The van der Waals surface area contributed by atoms with Crippen LogP contribution >= 0.6 is 27.5 Å². The minimum atomic E-state index is 0.597. The molecule has 3 heteroatoms.